The van der Waals surface area contributed by atoms with Crippen LogP contribution in [0.5, 0.6) is 11.6 Å². The molecule has 14 heteroatoms. The van der Waals surface area contributed by atoms with E-state index in [0.29, 0.717) is 53.4 Å². The molecule has 224 valence electrons. The van der Waals surface area contributed by atoms with Crippen LogP contribution in [0.4, 0.5) is 8.78 Å². The van der Waals surface area contributed by atoms with Crippen molar-refractivity contribution in [1.82, 2.24) is 29.9 Å². The highest BCUT2D eigenvalue weighted by molar-refractivity contribution is 6.05. The zero-order valence-corrected chi connectivity index (χ0v) is 23.5. The third-order valence-corrected chi connectivity index (χ3v) is 7.07. The highest BCUT2D eigenvalue weighted by Crippen LogP contribution is 2.29. The van der Waals surface area contributed by atoms with Crippen molar-refractivity contribution in [3.8, 4) is 11.6 Å². The van der Waals surface area contributed by atoms with E-state index in [1.54, 1.807) is 50.0 Å². The summed E-state index contributed by atoms with van der Waals surface area (Å²) in [6, 6.07) is 6.17. The molecule has 4 N–H and O–H groups in total. The van der Waals surface area contributed by atoms with E-state index in [2.05, 4.69) is 20.5 Å². The van der Waals surface area contributed by atoms with Gasteiger partial charge in [-0.3, -0.25) is 19.0 Å². The van der Waals surface area contributed by atoms with E-state index < -0.39 is 30.4 Å². The standard InChI is InChI=1S/C28H33F2N7O5/c1-28(2,40)14-41-18-8-9-19-21(11-18)37(13-22(29)30)35-23(19)26(39)33-16-4-6-17(7-5-16)42-27-20(24(31)38)10-15-12-32-36(3)25(15)34-27/h8-12,16-17,22,40H,4-7,13-14H2,1-3H3,(H2,31,38)(H,33,39). The summed E-state index contributed by atoms with van der Waals surface area (Å²) in [5, 5.41) is 22.3. The van der Waals surface area contributed by atoms with Crippen molar-refractivity contribution in [3.05, 3.63) is 41.7 Å². The van der Waals surface area contributed by atoms with Crippen molar-refractivity contribution < 1.29 is 33.0 Å². The number of hydrogen-bond donors (Lipinski definition) is 3. The molecule has 5 rings (SSSR count). The van der Waals surface area contributed by atoms with Crippen LogP contribution >= 0.6 is 0 Å². The number of nitrogens with two attached hydrogens (primary N) is 1. The molecule has 2 amide bonds. The number of benzene rings is 1. The second kappa shape index (κ2) is 11.5. The van der Waals surface area contributed by atoms with Crippen LogP contribution in [0.25, 0.3) is 21.9 Å². The minimum Gasteiger partial charge on any atom is -0.491 e. The second-order valence-corrected chi connectivity index (χ2v) is 11.2. The highest BCUT2D eigenvalue weighted by Gasteiger charge is 2.28. The molecule has 1 fully saturated rings. The lowest BCUT2D eigenvalue weighted by atomic mass is 9.92. The maximum absolute atomic E-state index is 13.3. The van der Waals surface area contributed by atoms with Gasteiger partial charge in [0.2, 0.25) is 5.88 Å². The molecule has 0 aliphatic heterocycles. The van der Waals surface area contributed by atoms with Crippen LogP contribution in [0.3, 0.4) is 0 Å². The number of carbonyl (C=O) groups is 2. The van der Waals surface area contributed by atoms with E-state index >= 15 is 0 Å². The molecule has 1 saturated carbocycles. The topological polar surface area (TPSA) is 159 Å². The number of amides is 2. The fourth-order valence-electron chi connectivity index (χ4n) is 5.00. The van der Waals surface area contributed by atoms with Crippen molar-refractivity contribution in [2.45, 2.75) is 70.2 Å². The van der Waals surface area contributed by atoms with Gasteiger partial charge in [0.25, 0.3) is 18.2 Å². The van der Waals surface area contributed by atoms with Crippen LogP contribution in [0.1, 0.15) is 60.4 Å². The van der Waals surface area contributed by atoms with E-state index in [1.807, 2.05) is 0 Å². The Kier molecular flexibility index (Phi) is 7.99. The number of pyridine rings is 1. The van der Waals surface area contributed by atoms with Crippen molar-refractivity contribution in [3.63, 3.8) is 0 Å². The normalized spacial score (nSPS) is 17.6. The maximum Gasteiger partial charge on any atom is 0.272 e. The third kappa shape index (κ3) is 6.43. The van der Waals surface area contributed by atoms with Gasteiger partial charge in [0, 0.05) is 29.9 Å². The Hall–Kier alpha value is -4.33. The predicted octanol–water partition coefficient (Wildman–Crippen LogP) is 2.95. The molecule has 0 unspecified atom stereocenters. The average Bonchev–Trinajstić information content (AvgIpc) is 3.47. The summed E-state index contributed by atoms with van der Waals surface area (Å²) in [6.45, 7) is 2.49. The minimum absolute atomic E-state index is 0.000929. The van der Waals surface area contributed by atoms with Crippen LogP contribution in [0, 0.1) is 0 Å². The van der Waals surface area contributed by atoms with Gasteiger partial charge in [0.15, 0.2) is 11.3 Å². The van der Waals surface area contributed by atoms with Crippen molar-refractivity contribution in [1.29, 1.82) is 0 Å². The van der Waals surface area contributed by atoms with Crippen molar-refractivity contribution in [2.24, 2.45) is 12.8 Å². The SMILES string of the molecule is Cn1ncc2cc(C(N)=O)c(OC3CCC(NC(=O)c4nn(CC(F)F)c5cc(OCC(C)(C)O)ccc45)CC3)nc21. The van der Waals surface area contributed by atoms with Gasteiger partial charge in [-0.1, -0.05) is 0 Å². The summed E-state index contributed by atoms with van der Waals surface area (Å²) >= 11 is 0. The molecule has 1 aromatic carbocycles. The van der Waals surface area contributed by atoms with Gasteiger partial charge >= 0.3 is 0 Å². The first-order valence-electron chi connectivity index (χ1n) is 13.6. The number of fused-ring (bicyclic) bond motifs is 2. The summed E-state index contributed by atoms with van der Waals surface area (Å²) in [6.07, 6.45) is 0.998. The van der Waals surface area contributed by atoms with Crippen molar-refractivity contribution >= 4 is 33.8 Å². The van der Waals surface area contributed by atoms with E-state index in [1.165, 1.54) is 6.07 Å². The van der Waals surface area contributed by atoms with Crippen LogP contribution in [0.15, 0.2) is 30.5 Å². The van der Waals surface area contributed by atoms with Gasteiger partial charge in [-0.05, 0) is 57.7 Å². The number of aromatic nitrogens is 5. The number of ether oxygens (including phenoxy) is 2. The molecule has 3 heterocycles. The van der Waals surface area contributed by atoms with Gasteiger partial charge in [0.1, 0.15) is 30.6 Å². The minimum atomic E-state index is -2.68. The lowest BCUT2D eigenvalue weighted by Crippen LogP contribution is -2.40. The zero-order chi connectivity index (χ0) is 30.2. The van der Waals surface area contributed by atoms with Gasteiger partial charge in [0.05, 0.1) is 17.3 Å². The fourth-order valence-corrected chi connectivity index (χ4v) is 5.00. The number of carbonyl (C=O) groups excluding carboxylic acids is 2. The summed E-state index contributed by atoms with van der Waals surface area (Å²) in [4.78, 5) is 29.7. The zero-order valence-electron chi connectivity index (χ0n) is 23.5. The van der Waals surface area contributed by atoms with E-state index in [0.717, 1.165) is 4.68 Å². The molecule has 0 saturated heterocycles. The summed E-state index contributed by atoms with van der Waals surface area (Å²) in [5.74, 6) is -0.615. The first-order valence-corrected chi connectivity index (χ1v) is 13.6. The molecule has 3 aromatic heterocycles. The van der Waals surface area contributed by atoms with E-state index in [9.17, 15) is 23.5 Å². The van der Waals surface area contributed by atoms with Crippen LogP contribution < -0.4 is 20.5 Å². The lowest BCUT2D eigenvalue weighted by molar-refractivity contribution is 0.0285. The molecule has 12 nitrogen and oxygen atoms in total. The monoisotopic (exact) mass is 585 g/mol. The molecule has 0 spiro atoms. The van der Waals surface area contributed by atoms with Gasteiger partial charge in [-0.25, -0.2) is 8.78 Å². The van der Waals surface area contributed by atoms with Crippen molar-refractivity contribution in [2.75, 3.05) is 6.61 Å². The number of aryl methyl sites for hydroxylation is 1. The average molecular weight is 586 g/mol. The Morgan fingerprint density at radius 3 is 2.62 bits per heavy atom. The number of aliphatic hydroxyl groups is 1. The summed E-state index contributed by atoms with van der Waals surface area (Å²) < 4.78 is 41.0. The smallest absolute Gasteiger partial charge is 0.272 e. The molecule has 1 aliphatic carbocycles. The quantitative estimate of drug-likeness (QED) is 0.256. The van der Waals surface area contributed by atoms with E-state index in [-0.39, 0.29) is 35.9 Å². The Bertz CT molecular complexity index is 1620. The molecular formula is C28H33F2N7O5. The van der Waals surface area contributed by atoms with Gasteiger partial charge in [-0.15, -0.1) is 0 Å². The highest BCUT2D eigenvalue weighted by atomic mass is 19.3. The fraction of sp³-hybridized carbons (Fsp3) is 0.464. The molecule has 1 aliphatic rings. The number of halogens is 2. The van der Waals surface area contributed by atoms with E-state index in [4.69, 9.17) is 15.2 Å². The predicted molar refractivity (Wildman–Crippen MR) is 149 cm³/mol. The third-order valence-electron chi connectivity index (χ3n) is 7.07. The number of nitrogens with one attached hydrogen (secondary N) is 1. The second-order valence-electron chi connectivity index (χ2n) is 11.2. The first-order chi connectivity index (χ1) is 19.9. The molecule has 0 bridgehead atoms. The molecule has 0 radical (unpaired) electrons. The Balaban J connectivity index is 1.26. The van der Waals surface area contributed by atoms with Gasteiger partial charge < -0.3 is 25.6 Å². The molecular weight excluding hydrogens is 552 g/mol. The number of primary amides is 1. The molecule has 4 aromatic rings. The van der Waals surface area contributed by atoms with Gasteiger partial charge in [-0.2, -0.15) is 15.2 Å². The largest absolute Gasteiger partial charge is 0.491 e. The Labute approximate surface area is 239 Å². The number of alkyl halides is 2. The first kappa shape index (κ1) is 29.2. The Morgan fingerprint density at radius 1 is 1.21 bits per heavy atom. The number of nitrogens with zero attached hydrogens (tertiary/aromatic N) is 5. The number of hydrogen-bond acceptors (Lipinski definition) is 8. The lowest BCUT2D eigenvalue weighted by Gasteiger charge is -2.29. The summed E-state index contributed by atoms with van der Waals surface area (Å²) in [7, 11) is 1.74. The number of rotatable bonds is 10. The molecule has 42 heavy (non-hydrogen) atoms. The maximum atomic E-state index is 13.3. The van der Waals surface area contributed by atoms with Crippen LogP contribution in [-0.4, -0.2) is 72.2 Å². The Morgan fingerprint density at radius 2 is 1.95 bits per heavy atom. The van der Waals surface area contributed by atoms with Crippen LogP contribution in [-0.2, 0) is 13.6 Å². The summed E-state index contributed by atoms with van der Waals surface area (Å²) in [5.41, 5.74) is 5.58. The molecule has 0 atom stereocenters. The van der Waals surface area contributed by atoms with Crippen LogP contribution in [0.2, 0.25) is 0 Å².